The van der Waals surface area contributed by atoms with Gasteiger partial charge in [0.25, 0.3) is 0 Å². The van der Waals surface area contributed by atoms with Crippen LogP contribution in [0.15, 0.2) is 158 Å². The summed E-state index contributed by atoms with van der Waals surface area (Å²) in [5.74, 6) is -0.941. The van der Waals surface area contributed by atoms with Crippen molar-refractivity contribution in [2.24, 2.45) is 0 Å². The number of ether oxygens (including phenoxy) is 3. The summed E-state index contributed by atoms with van der Waals surface area (Å²) in [4.78, 5) is 38.3. The lowest BCUT2D eigenvalue weighted by atomic mass is 10.0. The topological polar surface area (TPSA) is 78.9 Å². The Morgan fingerprint density at radius 2 is 0.487 bits per heavy atom. The Bertz CT molecular complexity index is 1790. The lowest BCUT2D eigenvalue weighted by molar-refractivity contribution is -0.167. The minimum atomic E-state index is -0.802. The first-order valence-corrected chi connectivity index (χ1v) is 32.5. The first-order valence-electron chi connectivity index (χ1n) is 32.5. The molecule has 0 heterocycles. The third kappa shape index (κ3) is 63.9. The molecule has 450 valence electrons. The summed E-state index contributed by atoms with van der Waals surface area (Å²) in [5.41, 5.74) is 0. The average Bonchev–Trinajstić information content (AvgIpc) is 3.46. The Labute approximate surface area is 492 Å². The summed E-state index contributed by atoms with van der Waals surface area (Å²) >= 11 is 0. The molecule has 0 aromatic rings. The molecule has 0 fully saturated rings. The summed E-state index contributed by atoms with van der Waals surface area (Å²) in [5, 5.41) is 0. The van der Waals surface area contributed by atoms with Crippen molar-refractivity contribution >= 4 is 17.9 Å². The Morgan fingerprint density at radius 1 is 0.263 bits per heavy atom. The van der Waals surface area contributed by atoms with E-state index in [4.69, 9.17) is 14.2 Å². The van der Waals surface area contributed by atoms with Crippen molar-refractivity contribution in [3.63, 3.8) is 0 Å². The Morgan fingerprint density at radius 3 is 0.775 bits per heavy atom. The van der Waals surface area contributed by atoms with E-state index in [1.54, 1.807) is 0 Å². The monoisotopic (exact) mass is 1100 g/mol. The van der Waals surface area contributed by atoms with Gasteiger partial charge in [-0.05, 0) is 141 Å². The normalized spacial score (nSPS) is 13.2. The van der Waals surface area contributed by atoms with Crippen LogP contribution in [0.4, 0.5) is 0 Å². The lowest BCUT2D eigenvalue weighted by Gasteiger charge is -2.18. The predicted octanol–water partition coefficient (Wildman–Crippen LogP) is 22.5. The number of rotatable bonds is 57. The van der Waals surface area contributed by atoms with Crippen LogP contribution in [0.25, 0.3) is 0 Å². The molecule has 0 N–H and O–H groups in total. The minimum Gasteiger partial charge on any atom is -0.462 e. The largest absolute Gasteiger partial charge is 0.462 e. The van der Waals surface area contributed by atoms with E-state index >= 15 is 0 Å². The molecule has 0 saturated carbocycles. The van der Waals surface area contributed by atoms with Crippen LogP contribution < -0.4 is 0 Å². The summed E-state index contributed by atoms with van der Waals surface area (Å²) in [7, 11) is 0. The molecule has 6 nitrogen and oxygen atoms in total. The molecule has 0 aliphatic rings. The van der Waals surface area contributed by atoms with Gasteiger partial charge in [0.1, 0.15) is 13.2 Å². The van der Waals surface area contributed by atoms with Gasteiger partial charge in [-0.2, -0.15) is 0 Å². The Balaban J connectivity index is 4.35. The van der Waals surface area contributed by atoms with Gasteiger partial charge in [0.05, 0.1) is 0 Å². The van der Waals surface area contributed by atoms with E-state index in [2.05, 4.69) is 179 Å². The second kappa shape index (κ2) is 66.5. The van der Waals surface area contributed by atoms with Gasteiger partial charge >= 0.3 is 17.9 Å². The summed E-state index contributed by atoms with van der Waals surface area (Å²) in [6.07, 6.45) is 96.8. The van der Waals surface area contributed by atoms with Gasteiger partial charge in [-0.25, -0.2) is 0 Å². The van der Waals surface area contributed by atoms with E-state index in [-0.39, 0.29) is 31.1 Å². The highest BCUT2D eigenvalue weighted by atomic mass is 16.6. The van der Waals surface area contributed by atoms with Crippen molar-refractivity contribution < 1.29 is 28.6 Å². The second-order valence-electron chi connectivity index (χ2n) is 20.9. The number of hydrogen-bond donors (Lipinski definition) is 0. The molecule has 0 spiro atoms. The molecule has 0 amide bonds. The average molecular weight is 1100 g/mol. The SMILES string of the molecule is CC/C=C\C/C=C\C/C=C\C/C=C\C/C=C\C/C=C\C/C=C\C/C=C\CCCCCCC(=O)OCC(COC(=O)CCCCCCC/C=C\CCC)OC(=O)CCCCCCCCCCCC/C=C\C/C=C\C/C=C\C/C=C\CC. The first-order chi connectivity index (χ1) is 39.5. The van der Waals surface area contributed by atoms with E-state index < -0.39 is 6.10 Å². The van der Waals surface area contributed by atoms with Crippen LogP contribution in [-0.2, 0) is 28.6 Å². The zero-order chi connectivity index (χ0) is 57.8. The number of allylic oxidation sites excluding steroid dienone is 26. The molecule has 80 heavy (non-hydrogen) atoms. The molecule has 0 saturated heterocycles. The van der Waals surface area contributed by atoms with Crippen molar-refractivity contribution in [2.45, 2.75) is 277 Å². The van der Waals surface area contributed by atoms with E-state index in [9.17, 15) is 14.4 Å². The summed E-state index contributed by atoms with van der Waals surface area (Å²) < 4.78 is 16.9. The molecule has 1 atom stereocenters. The van der Waals surface area contributed by atoms with E-state index in [1.807, 2.05) is 0 Å². The predicted molar refractivity (Wildman–Crippen MR) is 348 cm³/mol. The second-order valence-corrected chi connectivity index (χ2v) is 20.9. The molecule has 0 aliphatic carbocycles. The van der Waals surface area contributed by atoms with Crippen molar-refractivity contribution in [1.29, 1.82) is 0 Å². The van der Waals surface area contributed by atoms with Crippen LogP contribution >= 0.6 is 0 Å². The van der Waals surface area contributed by atoms with Gasteiger partial charge in [0.2, 0.25) is 0 Å². The highest BCUT2D eigenvalue weighted by Crippen LogP contribution is 2.15. The maximum atomic E-state index is 12.9. The zero-order valence-corrected chi connectivity index (χ0v) is 51.5. The number of hydrogen-bond acceptors (Lipinski definition) is 6. The number of esters is 3. The highest BCUT2D eigenvalue weighted by Gasteiger charge is 2.19. The molecule has 6 heteroatoms. The number of unbranched alkanes of at least 4 members (excludes halogenated alkanes) is 20. The molecule has 0 bridgehead atoms. The smallest absolute Gasteiger partial charge is 0.306 e. The fourth-order valence-electron chi connectivity index (χ4n) is 8.45. The maximum Gasteiger partial charge on any atom is 0.306 e. The van der Waals surface area contributed by atoms with Gasteiger partial charge in [0, 0.05) is 19.3 Å². The highest BCUT2D eigenvalue weighted by molar-refractivity contribution is 5.71. The van der Waals surface area contributed by atoms with E-state index in [1.165, 1.54) is 64.2 Å². The fraction of sp³-hybridized carbons (Fsp3) is 0.608. The molecule has 0 aliphatic heterocycles. The zero-order valence-electron chi connectivity index (χ0n) is 51.5. The van der Waals surface area contributed by atoms with Crippen LogP contribution in [0.1, 0.15) is 271 Å². The molecule has 1 unspecified atom stereocenters. The number of carbonyl (C=O) groups is 3. The fourth-order valence-corrected chi connectivity index (χ4v) is 8.45. The summed E-state index contributed by atoms with van der Waals surface area (Å²) in [6.45, 7) is 6.32. The minimum absolute atomic E-state index is 0.0980. The first kappa shape index (κ1) is 75.0. The van der Waals surface area contributed by atoms with Crippen molar-refractivity contribution in [3.05, 3.63) is 158 Å². The number of carbonyl (C=O) groups excluding carboxylic acids is 3. The molecule has 0 radical (unpaired) electrons. The third-order valence-electron chi connectivity index (χ3n) is 13.2. The Hall–Kier alpha value is -4.97. The van der Waals surface area contributed by atoms with Gasteiger partial charge in [-0.3, -0.25) is 14.4 Å². The van der Waals surface area contributed by atoms with Gasteiger partial charge in [-0.15, -0.1) is 0 Å². The van der Waals surface area contributed by atoms with Crippen LogP contribution in [0, 0.1) is 0 Å². The van der Waals surface area contributed by atoms with E-state index in [0.29, 0.717) is 19.3 Å². The van der Waals surface area contributed by atoms with Crippen LogP contribution in [-0.4, -0.2) is 37.2 Å². The quantitative estimate of drug-likeness (QED) is 0.0261. The van der Waals surface area contributed by atoms with Gasteiger partial charge in [-0.1, -0.05) is 269 Å². The van der Waals surface area contributed by atoms with Crippen LogP contribution in [0.2, 0.25) is 0 Å². The van der Waals surface area contributed by atoms with Crippen molar-refractivity contribution in [2.75, 3.05) is 13.2 Å². The Kier molecular flexibility index (Phi) is 62.4. The molecule has 0 aromatic carbocycles. The van der Waals surface area contributed by atoms with E-state index in [0.717, 1.165) is 167 Å². The molecular formula is C74H118O6. The van der Waals surface area contributed by atoms with Crippen molar-refractivity contribution in [3.8, 4) is 0 Å². The summed E-state index contributed by atoms with van der Waals surface area (Å²) in [6, 6.07) is 0. The standard InChI is InChI=1S/C74H118O6/c1-4-7-10-13-16-19-22-24-26-28-30-32-34-35-36-37-38-39-41-42-44-46-48-50-52-55-58-61-64-67-73(76)79-70-71(69-78-72(75)66-63-60-57-54-21-18-15-12-9-6-3)80-74(77)68-65-62-59-56-53-51-49-47-45-43-40-33-31-29-27-25-23-20-17-14-11-8-5-2/h7-8,10-12,15-17,19-20,24-27,30-33,35-36,38-39,42,44,48,50,71H,4-6,9,13-14,18,21-23,28-29,34,37,40-41,43,45-47,49,51-70H2,1-3H3/b10-7-,11-8-,15-12-,19-16-,20-17-,26-24-,27-25-,32-30-,33-31-,36-35-,39-38-,44-42-,50-48-. The molecular weight excluding hydrogens is 985 g/mol. The van der Waals surface area contributed by atoms with Crippen molar-refractivity contribution in [1.82, 2.24) is 0 Å². The van der Waals surface area contributed by atoms with Crippen LogP contribution in [0.3, 0.4) is 0 Å². The van der Waals surface area contributed by atoms with Crippen LogP contribution in [0.5, 0.6) is 0 Å². The third-order valence-corrected chi connectivity index (χ3v) is 13.2. The molecule has 0 rings (SSSR count). The van der Waals surface area contributed by atoms with Gasteiger partial charge < -0.3 is 14.2 Å². The van der Waals surface area contributed by atoms with Gasteiger partial charge in [0.15, 0.2) is 6.10 Å². The maximum absolute atomic E-state index is 12.9. The lowest BCUT2D eigenvalue weighted by Crippen LogP contribution is -2.30. The molecule has 0 aromatic heterocycles.